The van der Waals surface area contributed by atoms with E-state index in [0.717, 1.165) is 15.7 Å². The van der Waals surface area contributed by atoms with Crippen molar-refractivity contribution in [1.29, 1.82) is 0 Å². The molecule has 1 unspecified atom stereocenters. The Morgan fingerprint density at radius 1 is 1.29 bits per heavy atom. The average Bonchev–Trinajstić information content (AvgIpc) is 2.43. The Hall–Kier alpha value is -1.10. The monoisotopic (exact) mass is 370 g/mol. The van der Waals surface area contributed by atoms with Crippen LogP contribution in [0, 0.1) is 5.82 Å². The fraction of sp³-hybridized carbons (Fsp3) is 0.250. The highest BCUT2D eigenvalue weighted by Crippen LogP contribution is 2.28. The van der Waals surface area contributed by atoms with Gasteiger partial charge in [-0.3, -0.25) is 0 Å². The van der Waals surface area contributed by atoms with E-state index in [1.165, 1.54) is 12.1 Å². The molecule has 0 aliphatic heterocycles. The molecule has 2 aromatic rings. The molecule has 5 heteroatoms. The summed E-state index contributed by atoms with van der Waals surface area (Å²) in [6, 6.07) is 12.2. The number of anilines is 1. The van der Waals surface area contributed by atoms with Crippen LogP contribution in [0.5, 0.6) is 0 Å². The zero-order valence-electron chi connectivity index (χ0n) is 11.7. The van der Waals surface area contributed by atoms with E-state index in [-0.39, 0.29) is 11.4 Å². The highest BCUT2D eigenvalue weighted by atomic mass is 79.9. The molecular formula is C16H17BrClFN2. The van der Waals surface area contributed by atoms with Gasteiger partial charge in [0.15, 0.2) is 0 Å². The highest BCUT2D eigenvalue weighted by molar-refractivity contribution is 9.10. The van der Waals surface area contributed by atoms with Gasteiger partial charge < -0.3 is 11.1 Å². The van der Waals surface area contributed by atoms with Gasteiger partial charge in [0.2, 0.25) is 0 Å². The fourth-order valence-electron chi connectivity index (χ4n) is 2.19. The van der Waals surface area contributed by atoms with Crippen molar-refractivity contribution in [3.05, 3.63) is 63.3 Å². The summed E-state index contributed by atoms with van der Waals surface area (Å²) >= 11 is 9.39. The topological polar surface area (TPSA) is 38.0 Å². The van der Waals surface area contributed by atoms with E-state index in [1.807, 2.05) is 31.2 Å². The lowest BCUT2D eigenvalue weighted by Gasteiger charge is -2.31. The van der Waals surface area contributed by atoms with Gasteiger partial charge in [0.05, 0.1) is 10.6 Å². The maximum atomic E-state index is 13.3. The normalized spacial score (nSPS) is 13.8. The fourth-order valence-corrected chi connectivity index (χ4v) is 2.68. The minimum atomic E-state index is -0.374. The van der Waals surface area contributed by atoms with Crippen LogP contribution in [-0.4, -0.2) is 12.1 Å². The summed E-state index contributed by atoms with van der Waals surface area (Å²) in [7, 11) is 0. The molecule has 0 amide bonds. The van der Waals surface area contributed by atoms with Crippen molar-refractivity contribution in [3.8, 4) is 0 Å². The molecule has 0 aliphatic rings. The predicted octanol–water partition coefficient (Wildman–Crippen LogP) is 4.61. The van der Waals surface area contributed by atoms with E-state index in [0.29, 0.717) is 18.0 Å². The second kappa shape index (κ2) is 6.77. The molecule has 0 saturated carbocycles. The first-order valence-corrected chi connectivity index (χ1v) is 7.77. The van der Waals surface area contributed by atoms with Gasteiger partial charge in [-0.1, -0.05) is 23.7 Å². The summed E-state index contributed by atoms with van der Waals surface area (Å²) < 4.78 is 14.1. The minimum Gasteiger partial charge on any atom is -0.378 e. The molecule has 0 fully saturated rings. The molecule has 2 nitrogen and oxygen atoms in total. The molecule has 21 heavy (non-hydrogen) atoms. The van der Waals surface area contributed by atoms with Crippen LogP contribution in [0.1, 0.15) is 12.5 Å². The Bertz CT molecular complexity index is 635. The molecule has 0 aliphatic carbocycles. The van der Waals surface area contributed by atoms with Crippen LogP contribution < -0.4 is 11.1 Å². The number of hydrogen-bond acceptors (Lipinski definition) is 2. The van der Waals surface area contributed by atoms with Gasteiger partial charge in [-0.05, 0) is 65.2 Å². The van der Waals surface area contributed by atoms with Gasteiger partial charge in [-0.2, -0.15) is 0 Å². The molecule has 112 valence electrons. The van der Waals surface area contributed by atoms with Gasteiger partial charge in [0, 0.05) is 16.7 Å². The standard InChI is InChI=1S/C16H17BrClFN2/c1-16(10-20,9-11-3-2-4-12(19)7-11)21-13-5-6-15(18)14(17)8-13/h2-8,21H,9-10,20H2,1H3. The van der Waals surface area contributed by atoms with E-state index in [4.69, 9.17) is 17.3 Å². The first-order chi connectivity index (χ1) is 9.92. The van der Waals surface area contributed by atoms with Gasteiger partial charge in [-0.25, -0.2) is 4.39 Å². The van der Waals surface area contributed by atoms with E-state index in [9.17, 15) is 4.39 Å². The van der Waals surface area contributed by atoms with E-state index >= 15 is 0 Å². The SMILES string of the molecule is CC(CN)(Cc1cccc(F)c1)Nc1ccc(Cl)c(Br)c1. The van der Waals surface area contributed by atoms with Gasteiger partial charge >= 0.3 is 0 Å². The third kappa shape index (κ3) is 4.43. The number of rotatable bonds is 5. The van der Waals surface area contributed by atoms with Crippen LogP contribution in [-0.2, 0) is 6.42 Å². The van der Waals surface area contributed by atoms with Crippen molar-refractivity contribution in [2.45, 2.75) is 18.9 Å². The van der Waals surface area contributed by atoms with Gasteiger partial charge in [0.1, 0.15) is 5.82 Å². The van der Waals surface area contributed by atoms with E-state index in [2.05, 4.69) is 21.2 Å². The highest BCUT2D eigenvalue weighted by Gasteiger charge is 2.23. The van der Waals surface area contributed by atoms with Crippen LogP contribution in [0.25, 0.3) is 0 Å². The summed E-state index contributed by atoms with van der Waals surface area (Å²) in [4.78, 5) is 0. The molecule has 3 N–H and O–H groups in total. The van der Waals surface area contributed by atoms with Gasteiger partial charge in [0.25, 0.3) is 0 Å². The molecule has 1 atom stereocenters. The number of nitrogens with two attached hydrogens (primary N) is 1. The lowest BCUT2D eigenvalue weighted by molar-refractivity contribution is 0.518. The second-order valence-corrected chi connectivity index (χ2v) is 6.59. The Labute approximate surface area is 137 Å². The molecular weight excluding hydrogens is 355 g/mol. The van der Waals surface area contributed by atoms with Crippen LogP contribution >= 0.6 is 27.5 Å². The molecule has 0 heterocycles. The van der Waals surface area contributed by atoms with E-state index in [1.54, 1.807) is 6.07 Å². The molecule has 0 radical (unpaired) electrons. The molecule has 0 spiro atoms. The number of benzene rings is 2. The Morgan fingerprint density at radius 2 is 2.05 bits per heavy atom. The van der Waals surface area contributed by atoms with Crippen molar-refractivity contribution >= 4 is 33.2 Å². The molecule has 0 aromatic heterocycles. The minimum absolute atomic E-state index is 0.235. The first kappa shape index (κ1) is 16.3. The predicted molar refractivity (Wildman–Crippen MR) is 90.3 cm³/mol. The largest absolute Gasteiger partial charge is 0.378 e. The van der Waals surface area contributed by atoms with Crippen molar-refractivity contribution in [3.63, 3.8) is 0 Å². The van der Waals surface area contributed by atoms with Crippen molar-refractivity contribution in [2.24, 2.45) is 5.73 Å². The third-order valence-electron chi connectivity index (χ3n) is 3.30. The van der Waals surface area contributed by atoms with Crippen molar-refractivity contribution in [1.82, 2.24) is 0 Å². The molecule has 0 saturated heterocycles. The Kier molecular flexibility index (Phi) is 5.25. The third-order valence-corrected chi connectivity index (χ3v) is 4.51. The number of nitrogens with one attached hydrogen (secondary N) is 1. The van der Waals surface area contributed by atoms with Crippen molar-refractivity contribution < 1.29 is 4.39 Å². The summed E-state index contributed by atoms with van der Waals surface area (Å²) in [5, 5.41) is 4.06. The lowest BCUT2D eigenvalue weighted by Crippen LogP contribution is -2.44. The average molecular weight is 372 g/mol. The van der Waals surface area contributed by atoms with Crippen LogP contribution in [0.3, 0.4) is 0 Å². The summed E-state index contributed by atoms with van der Waals surface area (Å²) in [6.45, 7) is 2.43. The van der Waals surface area contributed by atoms with Gasteiger partial charge in [-0.15, -0.1) is 0 Å². The molecule has 2 aromatic carbocycles. The van der Waals surface area contributed by atoms with Crippen molar-refractivity contribution in [2.75, 3.05) is 11.9 Å². The zero-order valence-corrected chi connectivity index (χ0v) is 14.0. The molecule has 0 bridgehead atoms. The summed E-state index contributed by atoms with van der Waals surface area (Å²) in [6.07, 6.45) is 0.626. The Balaban J connectivity index is 2.18. The summed E-state index contributed by atoms with van der Waals surface area (Å²) in [5.41, 5.74) is 7.36. The zero-order chi connectivity index (χ0) is 15.5. The number of halogens is 3. The first-order valence-electron chi connectivity index (χ1n) is 6.60. The number of hydrogen-bond donors (Lipinski definition) is 2. The van der Waals surface area contributed by atoms with Crippen LogP contribution in [0.2, 0.25) is 5.02 Å². The van der Waals surface area contributed by atoms with E-state index < -0.39 is 0 Å². The summed E-state index contributed by atoms with van der Waals surface area (Å²) in [5.74, 6) is -0.235. The molecule has 2 rings (SSSR count). The Morgan fingerprint density at radius 3 is 2.67 bits per heavy atom. The maximum Gasteiger partial charge on any atom is 0.123 e. The maximum absolute atomic E-state index is 13.3. The van der Waals surface area contributed by atoms with Crippen LogP contribution in [0.4, 0.5) is 10.1 Å². The lowest BCUT2D eigenvalue weighted by atomic mass is 9.92. The quantitative estimate of drug-likeness (QED) is 0.805. The second-order valence-electron chi connectivity index (χ2n) is 5.33. The van der Waals surface area contributed by atoms with Crippen LogP contribution in [0.15, 0.2) is 46.9 Å². The smallest absolute Gasteiger partial charge is 0.123 e.